The third-order valence-corrected chi connectivity index (χ3v) is 3.06. The lowest BCUT2D eigenvalue weighted by Gasteiger charge is -2.09. The van der Waals surface area contributed by atoms with Gasteiger partial charge in [0.25, 0.3) is 5.56 Å². The van der Waals surface area contributed by atoms with Gasteiger partial charge in [-0.25, -0.2) is 4.79 Å². The largest absolute Gasteiger partial charge is 0.330 e. The van der Waals surface area contributed by atoms with E-state index >= 15 is 0 Å². The van der Waals surface area contributed by atoms with Crippen LogP contribution in [0, 0.1) is 5.92 Å². The van der Waals surface area contributed by atoms with E-state index < -0.39 is 0 Å². The van der Waals surface area contributed by atoms with E-state index in [0.29, 0.717) is 6.54 Å². The Morgan fingerprint density at radius 2 is 2.00 bits per heavy atom. The van der Waals surface area contributed by atoms with E-state index in [2.05, 4.69) is 5.32 Å². The quantitative estimate of drug-likeness (QED) is 0.754. The fourth-order valence-corrected chi connectivity index (χ4v) is 1.67. The molecule has 0 saturated heterocycles. The topological polar surface area (TPSA) is 56.0 Å². The van der Waals surface area contributed by atoms with E-state index in [1.807, 2.05) is 0 Å². The van der Waals surface area contributed by atoms with Crippen LogP contribution in [0.5, 0.6) is 0 Å². The van der Waals surface area contributed by atoms with Gasteiger partial charge in [-0.2, -0.15) is 0 Å². The maximum atomic E-state index is 11.6. The SMILES string of the molecule is Cn1c(CNCC2CC2)cc(=O)n(C)c1=O. The first kappa shape index (κ1) is 11.1. The molecule has 0 unspecified atom stereocenters. The van der Waals surface area contributed by atoms with E-state index in [1.54, 1.807) is 7.05 Å². The van der Waals surface area contributed by atoms with Gasteiger partial charge < -0.3 is 5.32 Å². The summed E-state index contributed by atoms with van der Waals surface area (Å²) in [6.45, 7) is 1.56. The number of nitrogens with zero attached hydrogens (tertiary/aromatic N) is 2. The van der Waals surface area contributed by atoms with Crippen LogP contribution in [-0.2, 0) is 20.6 Å². The van der Waals surface area contributed by atoms with Crippen LogP contribution in [0.4, 0.5) is 0 Å². The number of rotatable bonds is 4. The lowest BCUT2D eigenvalue weighted by molar-refractivity contribution is 0.583. The molecule has 1 saturated carbocycles. The van der Waals surface area contributed by atoms with Crippen molar-refractivity contribution in [3.05, 3.63) is 32.6 Å². The molecule has 88 valence electrons. The molecule has 0 spiro atoms. The average Bonchev–Trinajstić information content (AvgIpc) is 3.06. The molecular formula is C11H17N3O2. The van der Waals surface area contributed by atoms with Gasteiger partial charge in [-0.3, -0.25) is 13.9 Å². The first-order chi connectivity index (χ1) is 7.59. The monoisotopic (exact) mass is 223 g/mol. The Morgan fingerprint density at radius 1 is 1.31 bits per heavy atom. The van der Waals surface area contributed by atoms with Crippen LogP contribution in [0.2, 0.25) is 0 Å². The molecule has 1 aromatic rings. The first-order valence-electron chi connectivity index (χ1n) is 5.56. The van der Waals surface area contributed by atoms with E-state index in [1.165, 1.54) is 30.5 Å². The second kappa shape index (κ2) is 4.25. The van der Waals surface area contributed by atoms with Gasteiger partial charge in [-0.15, -0.1) is 0 Å². The summed E-state index contributed by atoms with van der Waals surface area (Å²) in [6, 6.07) is 1.52. The highest BCUT2D eigenvalue weighted by atomic mass is 16.2. The zero-order valence-electron chi connectivity index (χ0n) is 9.69. The minimum absolute atomic E-state index is 0.244. The summed E-state index contributed by atoms with van der Waals surface area (Å²) < 4.78 is 2.63. The van der Waals surface area contributed by atoms with Crippen LogP contribution in [0.25, 0.3) is 0 Å². The Hall–Kier alpha value is -1.36. The van der Waals surface area contributed by atoms with Crippen LogP contribution < -0.4 is 16.6 Å². The highest BCUT2D eigenvalue weighted by molar-refractivity contribution is 5.01. The normalized spacial score (nSPS) is 15.4. The molecule has 1 aliphatic carbocycles. The van der Waals surface area contributed by atoms with Gasteiger partial charge in [-0.1, -0.05) is 0 Å². The zero-order valence-corrected chi connectivity index (χ0v) is 9.69. The summed E-state index contributed by atoms with van der Waals surface area (Å²) in [7, 11) is 3.18. The molecule has 1 heterocycles. The van der Waals surface area contributed by atoms with Crippen LogP contribution in [0.3, 0.4) is 0 Å². The van der Waals surface area contributed by atoms with Crippen LogP contribution in [0.15, 0.2) is 15.7 Å². The van der Waals surface area contributed by atoms with Crippen molar-refractivity contribution < 1.29 is 0 Å². The second-order valence-corrected chi connectivity index (χ2v) is 4.45. The van der Waals surface area contributed by atoms with Crippen molar-refractivity contribution in [2.24, 2.45) is 20.0 Å². The lowest BCUT2D eigenvalue weighted by Crippen LogP contribution is -2.39. The van der Waals surface area contributed by atoms with E-state index in [4.69, 9.17) is 0 Å². The molecule has 0 aliphatic heterocycles. The molecule has 0 bridgehead atoms. The molecule has 0 amide bonds. The highest BCUT2D eigenvalue weighted by Crippen LogP contribution is 2.27. The molecule has 1 aromatic heterocycles. The summed E-state index contributed by atoms with van der Waals surface area (Å²) in [5.74, 6) is 0.795. The predicted octanol–water partition coefficient (Wildman–Crippen LogP) is -0.416. The molecule has 0 aromatic carbocycles. The molecule has 5 heteroatoms. The molecule has 0 radical (unpaired) electrons. The van der Waals surface area contributed by atoms with E-state index in [0.717, 1.165) is 22.7 Å². The lowest BCUT2D eigenvalue weighted by atomic mass is 10.3. The molecule has 1 N–H and O–H groups in total. The van der Waals surface area contributed by atoms with Crippen molar-refractivity contribution in [1.29, 1.82) is 0 Å². The fourth-order valence-electron chi connectivity index (χ4n) is 1.67. The summed E-state index contributed by atoms with van der Waals surface area (Å²) in [5.41, 5.74) is 0.232. The summed E-state index contributed by atoms with van der Waals surface area (Å²) in [5, 5.41) is 3.27. The smallest absolute Gasteiger partial charge is 0.311 e. The van der Waals surface area contributed by atoms with Crippen molar-refractivity contribution in [2.75, 3.05) is 6.54 Å². The molecule has 2 rings (SSSR count). The molecule has 0 atom stereocenters. The van der Waals surface area contributed by atoms with Gasteiger partial charge in [0.05, 0.1) is 0 Å². The molecule has 1 fully saturated rings. The summed E-state index contributed by atoms with van der Waals surface area (Å²) in [6.07, 6.45) is 2.59. The molecule has 1 aliphatic rings. The van der Waals surface area contributed by atoms with Gasteiger partial charge in [0.1, 0.15) is 0 Å². The maximum absolute atomic E-state index is 11.6. The third kappa shape index (κ3) is 2.24. The minimum Gasteiger partial charge on any atom is -0.311 e. The predicted molar refractivity (Wildman–Crippen MR) is 61.4 cm³/mol. The van der Waals surface area contributed by atoms with E-state index in [-0.39, 0.29) is 11.2 Å². The Balaban J connectivity index is 2.13. The Kier molecular flexibility index (Phi) is 2.96. The standard InChI is InChI=1S/C11H17N3O2/c1-13-9(7-12-6-8-3-4-8)5-10(15)14(2)11(13)16/h5,8,12H,3-4,6-7H2,1-2H3. The van der Waals surface area contributed by atoms with Gasteiger partial charge in [-0.05, 0) is 25.3 Å². The fraction of sp³-hybridized carbons (Fsp3) is 0.636. The van der Waals surface area contributed by atoms with Crippen molar-refractivity contribution in [1.82, 2.24) is 14.5 Å². The number of nitrogens with one attached hydrogen (secondary N) is 1. The molecular weight excluding hydrogens is 206 g/mol. The summed E-state index contributed by atoms with van der Waals surface area (Å²) >= 11 is 0. The average molecular weight is 223 g/mol. The first-order valence-corrected chi connectivity index (χ1v) is 5.56. The third-order valence-electron chi connectivity index (χ3n) is 3.06. The molecule has 16 heavy (non-hydrogen) atoms. The highest BCUT2D eigenvalue weighted by Gasteiger charge is 2.20. The van der Waals surface area contributed by atoms with Crippen LogP contribution >= 0.6 is 0 Å². The van der Waals surface area contributed by atoms with Gasteiger partial charge in [0.15, 0.2) is 0 Å². The zero-order chi connectivity index (χ0) is 11.7. The van der Waals surface area contributed by atoms with Crippen LogP contribution in [-0.4, -0.2) is 15.7 Å². The minimum atomic E-state index is -0.268. The number of aromatic nitrogens is 2. The second-order valence-electron chi connectivity index (χ2n) is 4.45. The van der Waals surface area contributed by atoms with Crippen molar-refractivity contribution in [2.45, 2.75) is 19.4 Å². The Morgan fingerprint density at radius 3 is 2.62 bits per heavy atom. The molecule has 5 nitrogen and oxygen atoms in total. The van der Waals surface area contributed by atoms with Gasteiger partial charge in [0.2, 0.25) is 0 Å². The Bertz CT molecular complexity index is 497. The number of hydrogen-bond acceptors (Lipinski definition) is 3. The van der Waals surface area contributed by atoms with E-state index in [9.17, 15) is 9.59 Å². The van der Waals surface area contributed by atoms with Crippen molar-refractivity contribution >= 4 is 0 Å². The van der Waals surface area contributed by atoms with Crippen molar-refractivity contribution in [3.8, 4) is 0 Å². The maximum Gasteiger partial charge on any atom is 0.330 e. The van der Waals surface area contributed by atoms with Crippen molar-refractivity contribution in [3.63, 3.8) is 0 Å². The van der Waals surface area contributed by atoms with Gasteiger partial charge in [0, 0.05) is 32.4 Å². The van der Waals surface area contributed by atoms with Gasteiger partial charge >= 0.3 is 5.69 Å². The number of hydrogen-bond donors (Lipinski definition) is 1. The summed E-state index contributed by atoms with van der Waals surface area (Å²) in [4.78, 5) is 23.1. The van der Waals surface area contributed by atoms with Crippen LogP contribution in [0.1, 0.15) is 18.5 Å². The Labute approximate surface area is 93.7 Å².